The lowest BCUT2D eigenvalue weighted by Gasteiger charge is -2.27. The van der Waals surface area contributed by atoms with Gasteiger partial charge in [0.25, 0.3) is 0 Å². The first kappa shape index (κ1) is 12.5. The minimum absolute atomic E-state index is 0.248. The zero-order valence-corrected chi connectivity index (χ0v) is 10.2. The molecule has 0 aromatic heterocycles. The second kappa shape index (κ2) is 5.14. The Morgan fingerprint density at radius 2 is 2.18 bits per heavy atom. The van der Waals surface area contributed by atoms with Crippen LogP contribution in [0.2, 0.25) is 0 Å². The number of rotatable bonds is 4. The highest BCUT2D eigenvalue weighted by molar-refractivity contribution is 5.26. The fourth-order valence-electron chi connectivity index (χ4n) is 2.37. The molecule has 1 aromatic carbocycles. The summed E-state index contributed by atoms with van der Waals surface area (Å²) >= 11 is 0. The molecule has 1 aliphatic heterocycles. The fraction of sp³-hybridized carbons (Fsp3) is 0.538. The van der Waals surface area contributed by atoms with Crippen LogP contribution in [0.4, 0.5) is 0 Å². The maximum absolute atomic E-state index is 10.7. The molecule has 1 heterocycles. The van der Waals surface area contributed by atoms with Gasteiger partial charge in [-0.1, -0.05) is 30.3 Å². The summed E-state index contributed by atoms with van der Waals surface area (Å²) in [4.78, 5) is 2.14. The standard InChI is InChI=1S/C13H20N2O2/c1-17-8-7-15-9-12(14)13(16,10-15)11-5-3-2-4-6-11/h2-6,12,16H,7-10,14H2,1H3/t12-,13+/m1/s1. The van der Waals surface area contributed by atoms with Gasteiger partial charge < -0.3 is 15.6 Å². The molecular formula is C13H20N2O2. The average Bonchev–Trinajstić information content (AvgIpc) is 2.65. The van der Waals surface area contributed by atoms with E-state index in [1.807, 2.05) is 30.3 Å². The molecule has 1 aliphatic rings. The third-order valence-electron chi connectivity index (χ3n) is 3.42. The quantitative estimate of drug-likeness (QED) is 0.782. The van der Waals surface area contributed by atoms with Gasteiger partial charge in [-0.05, 0) is 5.56 Å². The van der Waals surface area contributed by atoms with Crippen LogP contribution in [0.15, 0.2) is 30.3 Å². The van der Waals surface area contributed by atoms with Crippen LogP contribution in [0.3, 0.4) is 0 Å². The molecule has 1 aromatic rings. The third-order valence-corrected chi connectivity index (χ3v) is 3.42. The second-order valence-corrected chi connectivity index (χ2v) is 4.62. The maximum Gasteiger partial charge on any atom is 0.118 e. The van der Waals surface area contributed by atoms with Gasteiger partial charge in [-0.2, -0.15) is 0 Å². The Bertz CT molecular complexity index is 358. The number of nitrogens with zero attached hydrogens (tertiary/aromatic N) is 1. The van der Waals surface area contributed by atoms with Gasteiger partial charge in [0.15, 0.2) is 0 Å². The van der Waals surface area contributed by atoms with Crippen molar-refractivity contribution < 1.29 is 9.84 Å². The highest BCUT2D eigenvalue weighted by Crippen LogP contribution is 2.30. The predicted octanol–water partition coefficient (Wildman–Crippen LogP) is 0.164. The lowest BCUT2D eigenvalue weighted by molar-refractivity contribution is 0.0309. The Morgan fingerprint density at radius 3 is 2.82 bits per heavy atom. The average molecular weight is 236 g/mol. The molecular weight excluding hydrogens is 216 g/mol. The van der Waals surface area contributed by atoms with Crippen LogP contribution in [-0.4, -0.2) is 49.4 Å². The Labute approximate surface area is 102 Å². The molecule has 0 bridgehead atoms. The van der Waals surface area contributed by atoms with E-state index < -0.39 is 5.60 Å². The normalized spacial score (nSPS) is 29.7. The van der Waals surface area contributed by atoms with Crippen LogP contribution in [0.1, 0.15) is 5.56 Å². The van der Waals surface area contributed by atoms with Crippen molar-refractivity contribution in [3.05, 3.63) is 35.9 Å². The first-order valence-electron chi connectivity index (χ1n) is 5.91. The van der Waals surface area contributed by atoms with E-state index in [1.165, 1.54) is 0 Å². The summed E-state index contributed by atoms with van der Waals surface area (Å²) in [6, 6.07) is 9.41. The molecule has 0 aliphatic carbocycles. The molecule has 0 unspecified atom stereocenters. The zero-order chi connectivity index (χ0) is 12.3. The highest BCUT2D eigenvalue weighted by Gasteiger charge is 2.44. The molecule has 1 saturated heterocycles. The Morgan fingerprint density at radius 1 is 1.47 bits per heavy atom. The molecule has 0 spiro atoms. The summed E-state index contributed by atoms with van der Waals surface area (Å²) in [6.07, 6.45) is 0. The summed E-state index contributed by atoms with van der Waals surface area (Å²) in [5.74, 6) is 0. The lowest BCUT2D eigenvalue weighted by atomic mass is 9.90. The van der Waals surface area contributed by atoms with Crippen molar-refractivity contribution in [3.8, 4) is 0 Å². The topological polar surface area (TPSA) is 58.7 Å². The monoisotopic (exact) mass is 236 g/mol. The largest absolute Gasteiger partial charge is 0.383 e. The highest BCUT2D eigenvalue weighted by atomic mass is 16.5. The minimum atomic E-state index is -0.936. The Balaban J connectivity index is 2.11. The van der Waals surface area contributed by atoms with Gasteiger partial charge in [-0.25, -0.2) is 0 Å². The molecule has 2 rings (SSSR count). The molecule has 94 valence electrons. The number of aliphatic hydroxyl groups is 1. The van der Waals surface area contributed by atoms with Crippen molar-refractivity contribution in [2.24, 2.45) is 5.73 Å². The molecule has 2 atom stereocenters. The van der Waals surface area contributed by atoms with Crippen LogP contribution >= 0.6 is 0 Å². The number of nitrogens with two attached hydrogens (primary N) is 1. The van der Waals surface area contributed by atoms with Gasteiger partial charge >= 0.3 is 0 Å². The van der Waals surface area contributed by atoms with Crippen LogP contribution in [0.25, 0.3) is 0 Å². The summed E-state index contributed by atoms with van der Waals surface area (Å²) in [5.41, 5.74) is 6.04. The van der Waals surface area contributed by atoms with Crippen molar-refractivity contribution >= 4 is 0 Å². The summed E-state index contributed by atoms with van der Waals surface area (Å²) in [7, 11) is 1.68. The van der Waals surface area contributed by atoms with Crippen molar-refractivity contribution in [3.63, 3.8) is 0 Å². The number of likely N-dealkylation sites (tertiary alicyclic amines) is 1. The van der Waals surface area contributed by atoms with Gasteiger partial charge in [-0.3, -0.25) is 4.90 Å². The second-order valence-electron chi connectivity index (χ2n) is 4.62. The van der Waals surface area contributed by atoms with Crippen LogP contribution < -0.4 is 5.73 Å². The molecule has 4 heteroatoms. The maximum atomic E-state index is 10.7. The number of hydrogen-bond acceptors (Lipinski definition) is 4. The predicted molar refractivity (Wildman–Crippen MR) is 66.6 cm³/mol. The summed E-state index contributed by atoms with van der Waals surface area (Å²) in [5, 5.41) is 10.7. The van der Waals surface area contributed by atoms with E-state index in [0.717, 1.165) is 12.1 Å². The van der Waals surface area contributed by atoms with E-state index >= 15 is 0 Å². The smallest absolute Gasteiger partial charge is 0.118 e. The van der Waals surface area contributed by atoms with Gasteiger partial charge in [0.05, 0.1) is 12.6 Å². The van der Waals surface area contributed by atoms with Gasteiger partial charge in [-0.15, -0.1) is 0 Å². The Hall–Kier alpha value is -0.940. The van der Waals surface area contributed by atoms with Crippen LogP contribution in [0, 0.1) is 0 Å². The Kier molecular flexibility index (Phi) is 3.79. The summed E-state index contributed by atoms with van der Waals surface area (Å²) < 4.78 is 5.05. The van der Waals surface area contributed by atoms with Gasteiger partial charge in [0.2, 0.25) is 0 Å². The molecule has 0 amide bonds. The number of methoxy groups -OCH3 is 1. The van der Waals surface area contributed by atoms with Gasteiger partial charge in [0.1, 0.15) is 5.60 Å². The van der Waals surface area contributed by atoms with E-state index in [-0.39, 0.29) is 6.04 Å². The number of hydrogen-bond donors (Lipinski definition) is 2. The molecule has 3 N–H and O–H groups in total. The van der Waals surface area contributed by atoms with E-state index in [4.69, 9.17) is 10.5 Å². The van der Waals surface area contributed by atoms with Gasteiger partial charge in [0, 0.05) is 26.7 Å². The molecule has 0 saturated carbocycles. The van der Waals surface area contributed by atoms with Crippen molar-refractivity contribution in [2.45, 2.75) is 11.6 Å². The van der Waals surface area contributed by atoms with Crippen molar-refractivity contribution in [1.82, 2.24) is 4.90 Å². The van der Waals surface area contributed by atoms with E-state index in [1.54, 1.807) is 7.11 Å². The van der Waals surface area contributed by atoms with E-state index in [0.29, 0.717) is 19.7 Å². The number of β-amino-alcohol motifs (C(OH)–C–C–N with tert-alkyl or cyclic N) is 1. The molecule has 4 nitrogen and oxygen atoms in total. The van der Waals surface area contributed by atoms with Crippen LogP contribution in [0.5, 0.6) is 0 Å². The summed E-state index contributed by atoms with van der Waals surface area (Å²) in [6.45, 7) is 2.74. The third kappa shape index (κ3) is 2.50. The fourth-order valence-corrected chi connectivity index (χ4v) is 2.37. The minimum Gasteiger partial charge on any atom is -0.383 e. The lowest BCUT2D eigenvalue weighted by Crippen LogP contribution is -2.44. The van der Waals surface area contributed by atoms with E-state index in [2.05, 4.69) is 4.90 Å². The molecule has 1 fully saturated rings. The molecule has 0 radical (unpaired) electrons. The molecule has 17 heavy (non-hydrogen) atoms. The van der Waals surface area contributed by atoms with Crippen molar-refractivity contribution in [1.29, 1.82) is 0 Å². The van der Waals surface area contributed by atoms with Crippen molar-refractivity contribution in [2.75, 3.05) is 33.4 Å². The first-order chi connectivity index (χ1) is 8.16. The zero-order valence-electron chi connectivity index (χ0n) is 10.2. The number of benzene rings is 1. The first-order valence-corrected chi connectivity index (χ1v) is 5.91. The number of ether oxygens (including phenoxy) is 1. The SMILES string of the molecule is COCCN1C[C@@H](N)[C@@](O)(c2ccccc2)C1. The van der Waals surface area contributed by atoms with E-state index in [9.17, 15) is 5.11 Å². The van der Waals surface area contributed by atoms with Crippen LogP contribution in [-0.2, 0) is 10.3 Å².